The minimum Gasteiger partial charge on any atom is -0.508 e. The Labute approximate surface area is 206 Å². The van der Waals surface area contributed by atoms with E-state index in [1.165, 1.54) is 0 Å². The first-order chi connectivity index (χ1) is 14.1. The molecule has 0 unspecified atom stereocenters. The van der Waals surface area contributed by atoms with E-state index in [0.717, 1.165) is 29.9 Å². The fourth-order valence-electron chi connectivity index (χ4n) is 2.99. The molecule has 0 heterocycles. The smallest absolute Gasteiger partial charge is 0.323 e. The number of hydrogen-bond acceptors (Lipinski definition) is 5. The predicted octanol–water partition coefficient (Wildman–Crippen LogP) is 4.78. The van der Waals surface area contributed by atoms with Crippen LogP contribution in [0, 0.1) is 0 Å². The second-order valence-electron chi connectivity index (χ2n) is 6.59. The molecule has 0 bridgehead atoms. The molecule has 0 radical (unpaired) electrons. The molecule has 5 nitrogen and oxygen atoms in total. The minimum atomic E-state index is -0.469. The molecule has 0 saturated carbocycles. The van der Waals surface area contributed by atoms with Crippen molar-refractivity contribution in [2.75, 3.05) is 36.4 Å². The number of nitrogens with zero attached hydrogens (tertiary/aromatic N) is 1. The van der Waals surface area contributed by atoms with Gasteiger partial charge < -0.3 is 20.1 Å². The summed E-state index contributed by atoms with van der Waals surface area (Å²) in [5, 5.41) is 12.7. The highest BCUT2D eigenvalue weighted by atomic mass is 35.5. The van der Waals surface area contributed by atoms with Crippen molar-refractivity contribution >= 4 is 59.7 Å². The van der Waals surface area contributed by atoms with Crippen LogP contribution < -0.4 is 10.2 Å². The summed E-state index contributed by atoms with van der Waals surface area (Å²) in [4.78, 5) is 14.5. The van der Waals surface area contributed by atoms with Gasteiger partial charge in [-0.3, -0.25) is 4.79 Å². The molecule has 1 atom stereocenters. The molecule has 0 aliphatic heterocycles. The number of esters is 1. The van der Waals surface area contributed by atoms with Crippen LogP contribution in [0.25, 0.3) is 0 Å². The standard InChI is InChI=1S/C22H28Cl2N2O3.2ClH/c1-2-29-22(28)21(15-17-5-9-20(27)10-6-17)25-16-18-3-7-19(8-4-18)26(13-11-23)14-12-24;;/h3-10,21,25,27H,2,11-16H2,1H3;2*1H/t21-;;/m0../s1. The van der Waals surface area contributed by atoms with Crippen LogP contribution in [0.3, 0.4) is 0 Å². The molecular formula is C22H30Cl4N2O3. The summed E-state index contributed by atoms with van der Waals surface area (Å²) in [6.45, 7) is 4.14. The van der Waals surface area contributed by atoms with Crippen molar-refractivity contribution in [1.29, 1.82) is 0 Å². The lowest BCUT2D eigenvalue weighted by molar-refractivity contribution is -0.145. The second kappa shape index (κ2) is 16.3. The summed E-state index contributed by atoms with van der Waals surface area (Å²) in [5.41, 5.74) is 3.08. The monoisotopic (exact) mass is 510 g/mol. The third kappa shape index (κ3) is 10.2. The fourth-order valence-corrected chi connectivity index (χ4v) is 3.40. The van der Waals surface area contributed by atoms with Gasteiger partial charge in [0.25, 0.3) is 0 Å². The van der Waals surface area contributed by atoms with Gasteiger partial charge in [0.05, 0.1) is 6.61 Å². The Bertz CT molecular complexity index is 739. The van der Waals surface area contributed by atoms with Crippen LogP contribution in [0.1, 0.15) is 18.1 Å². The maximum absolute atomic E-state index is 12.4. The third-order valence-electron chi connectivity index (χ3n) is 4.51. The van der Waals surface area contributed by atoms with Crippen molar-refractivity contribution in [2.24, 2.45) is 0 Å². The molecule has 31 heavy (non-hydrogen) atoms. The molecule has 2 aromatic rings. The first-order valence-corrected chi connectivity index (χ1v) is 10.8. The van der Waals surface area contributed by atoms with E-state index >= 15 is 0 Å². The van der Waals surface area contributed by atoms with Gasteiger partial charge >= 0.3 is 5.97 Å². The zero-order chi connectivity index (χ0) is 21.1. The first-order valence-electron chi connectivity index (χ1n) is 9.71. The Balaban J connectivity index is 0.00000450. The molecule has 9 heteroatoms. The molecular weight excluding hydrogens is 482 g/mol. The number of anilines is 1. The number of benzene rings is 2. The van der Waals surface area contributed by atoms with Gasteiger partial charge in [-0.2, -0.15) is 0 Å². The van der Waals surface area contributed by atoms with Gasteiger partial charge in [0.1, 0.15) is 11.8 Å². The lowest BCUT2D eigenvalue weighted by Crippen LogP contribution is -2.39. The zero-order valence-corrected chi connectivity index (χ0v) is 20.6. The number of carbonyl (C=O) groups is 1. The Morgan fingerprint density at radius 3 is 2.06 bits per heavy atom. The van der Waals surface area contributed by atoms with Crippen LogP contribution in [0.4, 0.5) is 5.69 Å². The Hall–Kier alpha value is -1.37. The van der Waals surface area contributed by atoms with E-state index in [1.807, 2.05) is 24.3 Å². The molecule has 0 aromatic heterocycles. The van der Waals surface area contributed by atoms with Gasteiger partial charge in [-0.25, -0.2) is 0 Å². The van der Waals surface area contributed by atoms with Crippen molar-refractivity contribution in [3.05, 3.63) is 59.7 Å². The lowest BCUT2D eigenvalue weighted by atomic mass is 10.1. The van der Waals surface area contributed by atoms with Crippen molar-refractivity contribution in [3.8, 4) is 5.75 Å². The maximum atomic E-state index is 12.4. The number of halogens is 4. The molecule has 2 N–H and O–H groups in total. The second-order valence-corrected chi connectivity index (χ2v) is 7.34. The first kappa shape index (κ1) is 29.6. The van der Waals surface area contributed by atoms with Crippen molar-refractivity contribution in [3.63, 3.8) is 0 Å². The van der Waals surface area contributed by atoms with Crippen LogP contribution in [0.5, 0.6) is 5.75 Å². The number of phenols is 1. The number of phenolic OH excluding ortho intramolecular Hbond substituents is 1. The number of carbonyl (C=O) groups excluding carboxylic acids is 1. The van der Waals surface area contributed by atoms with Crippen molar-refractivity contribution in [2.45, 2.75) is 25.9 Å². The van der Waals surface area contributed by atoms with E-state index in [1.54, 1.807) is 31.2 Å². The molecule has 0 spiro atoms. The van der Waals surface area contributed by atoms with Crippen LogP contribution in [-0.4, -0.2) is 48.6 Å². The van der Waals surface area contributed by atoms with Gasteiger partial charge in [-0.05, 0) is 48.7 Å². The van der Waals surface area contributed by atoms with E-state index in [9.17, 15) is 9.90 Å². The number of hydrogen-bond donors (Lipinski definition) is 2. The maximum Gasteiger partial charge on any atom is 0.323 e. The minimum absolute atomic E-state index is 0. The van der Waals surface area contributed by atoms with Crippen molar-refractivity contribution < 1.29 is 14.6 Å². The van der Waals surface area contributed by atoms with E-state index < -0.39 is 6.04 Å². The Morgan fingerprint density at radius 1 is 1.00 bits per heavy atom. The number of ether oxygens (including phenoxy) is 1. The summed E-state index contributed by atoms with van der Waals surface area (Å²) in [5.74, 6) is 0.997. The van der Waals surface area contributed by atoms with Crippen molar-refractivity contribution in [1.82, 2.24) is 5.32 Å². The predicted molar refractivity (Wildman–Crippen MR) is 134 cm³/mol. The number of rotatable bonds is 12. The summed E-state index contributed by atoms with van der Waals surface area (Å²) in [7, 11) is 0. The molecule has 2 aromatic carbocycles. The van der Waals surface area contributed by atoms with Gasteiger partial charge in [0.2, 0.25) is 0 Å². The molecule has 2 rings (SSSR count). The molecule has 174 valence electrons. The fraction of sp³-hybridized carbons (Fsp3) is 0.409. The van der Waals surface area contributed by atoms with Crippen LogP contribution in [0.15, 0.2) is 48.5 Å². The summed E-state index contributed by atoms with van der Waals surface area (Å²) in [6.07, 6.45) is 0.483. The van der Waals surface area contributed by atoms with Gasteiger partial charge in [0.15, 0.2) is 0 Å². The number of nitrogens with one attached hydrogen (secondary N) is 1. The highest BCUT2D eigenvalue weighted by Gasteiger charge is 2.20. The average molecular weight is 512 g/mol. The molecule has 0 amide bonds. The lowest BCUT2D eigenvalue weighted by Gasteiger charge is -2.23. The van der Waals surface area contributed by atoms with Gasteiger partial charge in [-0.1, -0.05) is 24.3 Å². The van der Waals surface area contributed by atoms with E-state index in [-0.39, 0.29) is 36.5 Å². The number of alkyl halides is 2. The molecule has 0 saturated heterocycles. The zero-order valence-electron chi connectivity index (χ0n) is 17.4. The largest absolute Gasteiger partial charge is 0.508 e. The molecule has 0 fully saturated rings. The normalized spacial score (nSPS) is 11.1. The Morgan fingerprint density at radius 2 is 1.55 bits per heavy atom. The third-order valence-corrected chi connectivity index (χ3v) is 4.85. The van der Waals surface area contributed by atoms with Crippen LogP contribution in [0.2, 0.25) is 0 Å². The summed E-state index contributed by atoms with van der Waals surface area (Å²) >= 11 is 11.8. The summed E-state index contributed by atoms with van der Waals surface area (Å²) in [6, 6.07) is 14.5. The quantitative estimate of drug-likeness (QED) is 0.317. The molecule has 0 aliphatic carbocycles. The van der Waals surface area contributed by atoms with Crippen LogP contribution >= 0.6 is 48.0 Å². The molecule has 0 aliphatic rings. The van der Waals surface area contributed by atoms with Crippen LogP contribution in [-0.2, 0) is 22.5 Å². The number of aromatic hydroxyl groups is 1. The van der Waals surface area contributed by atoms with E-state index in [2.05, 4.69) is 10.2 Å². The van der Waals surface area contributed by atoms with E-state index in [4.69, 9.17) is 27.9 Å². The SMILES string of the molecule is CCOC(=O)[C@H](Cc1ccc(O)cc1)NCc1ccc(N(CCCl)CCCl)cc1.Cl.Cl. The average Bonchev–Trinajstić information content (AvgIpc) is 2.73. The van der Waals surface area contributed by atoms with E-state index in [0.29, 0.717) is 31.3 Å². The topological polar surface area (TPSA) is 61.8 Å². The highest BCUT2D eigenvalue weighted by molar-refractivity contribution is 6.18. The Kier molecular flexibility index (Phi) is 15.6. The van der Waals surface area contributed by atoms with Gasteiger partial charge in [0, 0.05) is 37.1 Å². The summed E-state index contributed by atoms with van der Waals surface area (Å²) < 4.78 is 5.21. The highest BCUT2D eigenvalue weighted by Crippen LogP contribution is 2.16. The van der Waals surface area contributed by atoms with Gasteiger partial charge in [-0.15, -0.1) is 48.0 Å².